The number of hydrogen-bond acceptors (Lipinski definition) is 5. The Morgan fingerprint density at radius 1 is 0.339 bits per heavy atom. The predicted octanol–water partition coefficient (Wildman–Crippen LogP) is 14.0. The first-order chi connectivity index (χ1) is 29.3. The average Bonchev–Trinajstić information content (AvgIpc) is 3.32. The highest BCUT2D eigenvalue weighted by molar-refractivity contribution is 5.87. The minimum Gasteiger partial charge on any atom is -0.310 e. The summed E-state index contributed by atoms with van der Waals surface area (Å²) in [6.07, 6.45) is 5.04. The molecule has 1 aliphatic rings. The Bertz CT molecular complexity index is 2570. The molecule has 10 rings (SSSR count). The van der Waals surface area contributed by atoms with Crippen molar-refractivity contribution < 1.29 is 0 Å². The van der Waals surface area contributed by atoms with Crippen molar-refractivity contribution in [1.82, 2.24) is 9.97 Å². The fraction of sp³-hybridized carbons (Fsp3) is 0.0370. The van der Waals surface area contributed by atoms with E-state index in [-0.39, 0.29) is 0 Å². The number of nitrogens with zero attached hydrogens (tertiary/aromatic N) is 5. The number of para-hydroxylation sites is 5. The third-order valence-corrected chi connectivity index (χ3v) is 11.0. The number of pyridine rings is 2. The molecule has 0 fully saturated rings. The Labute approximate surface area is 345 Å². The van der Waals surface area contributed by atoms with E-state index in [9.17, 15) is 0 Å². The van der Waals surface area contributed by atoms with E-state index in [1.54, 1.807) is 0 Å². The molecule has 5 heteroatoms. The van der Waals surface area contributed by atoms with Crippen molar-refractivity contribution in [3.8, 4) is 11.1 Å². The maximum Gasteiger partial charge on any atom is 0.0527 e. The summed E-state index contributed by atoms with van der Waals surface area (Å²) >= 11 is 0. The van der Waals surface area contributed by atoms with Crippen molar-refractivity contribution in [1.29, 1.82) is 0 Å². The summed E-state index contributed by atoms with van der Waals surface area (Å²) in [7, 11) is 0. The molecule has 0 radical (unpaired) electrons. The third kappa shape index (κ3) is 7.11. The van der Waals surface area contributed by atoms with Crippen LogP contribution in [-0.2, 0) is 12.8 Å². The summed E-state index contributed by atoms with van der Waals surface area (Å²) < 4.78 is 0. The van der Waals surface area contributed by atoms with Crippen LogP contribution in [0.2, 0.25) is 0 Å². The highest BCUT2D eigenvalue weighted by atomic mass is 15.2. The molecule has 0 atom stereocenters. The van der Waals surface area contributed by atoms with Gasteiger partial charge in [-0.25, -0.2) is 0 Å². The van der Waals surface area contributed by atoms with Gasteiger partial charge < -0.3 is 14.7 Å². The fourth-order valence-corrected chi connectivity index (χ4v) is 8.34. The van der Waals surface area contributed by atoms with Crippen LogP contribution in [0.3, 0.4) is 0 Å². The van der Waals surface area contributed by atoms with Crippen LogP contribution < -0.4 is 14.7 Å². The summed E-state index contributed by atoms with van der Waals surface area (Å²) in [5, 5.41) is 0. The van der Waals surface area contributed by atoms with Crippen molar-refractivity contribution in [3.05, 3.63) is 247 Å². The Balaban J connectivity index is 1.24. The van der Waals surface area contributed by atoms with Gasteiger partial charge in [0.15, 0.2) is 0 Å². The topological polar surface area (TPSA) is 35.5 Å². The predicted molar refractivity (Wildman–Crippen MR) is 244 cm³/mol. The highest BCUT2D eigenvalue weighted by Crippen LogP contribution is 2.46. The van der Waals surface area contributed by atoms with Crippen molar-refractivity contribution in [2.24, 2.45) is 0 Å². The molecule has 0 bridgehead atoms. The zero-order valence-electron chi connectivity index (χ0n) is 32.5. The number of aromatic nitrogens is 2. The molecule has 0 aliphatic carbocycles. The van der Waals surface area contributed by atoms with Crippen LogP contribution in [0.4, 0.5) is 51.2 Å². The van der Waals surface area contributed by atoms with Crippen molar-refractivity contribution in [2.75, 3.05) is 14.7 Å². The van der Waals surface area contributed by atoms with E-state index >= 15 is 0 Å². The smallest absolute Gasteiger partial charge is 0.0527 e. The van der Waals surface area contributed by atoms with Gasteiger partial charge in [0.05, 0.1) is 11.4 Å². The molecule has 5 nitrogen and oxygen atoms in total. The van der Waals surface area contributed by atoms with Gasteiger partial charge in [0.2, 0.25) is 0 Å². The second-order valence-electron chi connectivity index (χ2n) is 14.7. The van der Waals surface area contributed by atoms with E-state index in [1.165, 1.54) is 0 Å². The van der Waals surface area contributed by atoms with Gasteiger partial charge in [-0.1, -0.05) is 103 Å². The Morgan fingerprint density at radius 2 is 0.695 bits per heavy atom. The molecule has 0 saturated heterocycles. The Kier molecular flexibility index (Phi) is 9.67. The van der Waals surface area contributed by atoms with E-state index < -0.39 is 0 Å². The summed E-state index contributed by atoms with van der Waals surface area (Å²) in [4.78, 5) is 17.3. The van der Waals surface area contributed by atoms with Crippen molar-refractivity contribution in [3.63, 3.8) is 0 Å². The van der Waals surface area contributed by atoms with Crippen LogP contribution in [0, 0.1) is 0 Å². The number of anilines is 9. The molecule has 59 heavy (non-hydrogen) atoms. The first-order valence-corrected chi connectivity index (χ1v) is 20.1. The average molecular weight is 760 g/mol. The first kappa shape index (κ1) is 35.6. The van der Waals surface area contributed by atoms with Gasteiger partial charge >= 0.3 is 0 Å². The summed E-state index contributed by atoms with van der Waals surface area (Å²) in [6.45, 7) is 0. The molecular weight excluding hydrogens is 719 g/mol. The summed E-state index contributed by atoms with van der Waals surface area (Å²) in [6, 6.07) is 75.4. The summed E-state index contributed by atoms with van der Waals surface area (Å²) in [5.41, 5.74) is 16.3. The second kappa shape index (κ2) is 16.0. The molecule has 0 amide bonds. The van der Waals surface area contributed by atoms with E-state index in [0.29, 0.717) is 12.8 Å². The molecule has 0 saturated carbocycles. The van der Waals surface area contributed by atoms with Crippen LogP contribution in [0.25, 0.3) is 11.1 Å². The van der Waals surface area contributed by atoms with Crippen LogP contribution in [0.1, 0.15) is 22.5 Å². The SMILES string of the molecule is c1ccc(N(c2ccccc2)c2ccc3c(c2)Cc2ncccc2-c2cccnc2Cc2cc(N(c4ccccc4)c4ccccc4)ccc2N3c2ccccc2)cc1. The molecule has 1 aliphatic heterocycles. The fourth-order valence-electron chi connectivity index (χ4n) is 8.34. The van der Waals surface area contributed by atoms with Gasteiger partial charge in [0.25, 0.3) is 0 Å². The van der Waals surface area contributed by atoms with Crippen LogP contribution in [-0.4, -0.2) is 9.97 Å². The van der Waals surface area contributed by atoms with Crippen LogP contribution in [0.5, 0.6) is 0 Å². The molecule has 7 aromatic carbocycles. The molecule has 0 N–H and O–H groups in total. The Morgan fingerprint density at radius 3 is 1.07 bits per heavy atom. The second-order valence-corrected chi connectivity index (χ2v) is 14.7. The quantitative estimate of drug-likeness (QED) is 0.162. The van der Waals surface area contributed by atoms with E-state index in [1.807, 2.05) is 24.5 Å². The number of benzene rings is 7. The minimum absolute atomic E-state index is 0.609. The number of fused-ring (bicyclic) bond motifs is 5. The van der Waals surface area contributed by atoms with Crippen molar-refractivity contribution >= 4 is 51.2 Å². The lowest BCUT2D eigenvalue weighted by Gasteiger charge is -2.32. The maximum atomic E-state index is 5.10. The highest BCUT2D eigenvalue weighted by Gasteiger charge is 2.26. The number of rotatable bonds is 7. The van der Waals surface area contributed by atoms with Gasteiger partial charge in [-0.05, 0) is 120 Å². The van der Waals surface area contributed by atoms with Crippen LogP contribution >= 0.6 is 0 Å². The van der Waals surface area contributed by atoms with Crippen LogP contribution in [0.15, 0.2) is 225 Å². The van der Waals surface area contributed by atoms with Gasteiger partial charge in [0.1, 0.15) is 0 Å². The summed E-state index contributed by atoms with van der Waals surface area (Å²) in [5.74, 6) is 0. The first-order valence-electron chi connectivity index (χ1n) is 20.1. The molecule has 282 valence electrons. The number of hydrogen-bond donors (Lipinski definition) is 0. The maximum absolute atomic E-state index is 5.10. The molecule has 0 unspecified atom stereocenters. The van der Waals surface area contributed by atoms with Gasteiger partial charge in [-0.3, -0.25) is 9.97 Å². The minimum atomic E-state index is 0.609. The van der Waals surface area contributed by atoms with Gasteiger partial charge in [-0.2, -0.15) is 0 Å². The lowest BCUT2D eigenvalue weighted by Crippen LogP contribution is -2.17. The normalized spacial score (nSPS) is 11.9. The Hall–Kier alpha value is -7.76. The third-order valence-electron chi connectivity index (χ3n) is 11.0. The van der Waals surface area contributed by atoms with Gasteiger partial charge in [-0.15, -0.1) is 0 Å². The lowest BCUT2D eigenvalue weighted by atomic mass is 9.95. The largest absolute Gasteiger partial charge is 0.310 e. The van der Waals surface area contributed by atoms with Crippen molar-refractivity contribution in [2.45, 2.75) is 12.8 Å². The lowest BCUT2D eigenvalue weighted by molar-refractivity contribution is 1.06. The zero-order chi connectivity index (χ0) is 39.4. The molecule has 9 aromatic rings. The monoisotopic (exact) mass is 759 g/mol. The van der Waals surface area contributed by atoms with E-state index in [4.69, 9.17) is 9.97 Å². The standard InChI is InChI=1S/C54H41N5/c1-6-18-42(19-7-1)57(43-20-8-2-9-21-43)47-30-32-53-40(36-47)38-51-49(28-16-34-55-51)50-29-17-35-56-52(50)39-41-37-48(31-33-54(41)59(53)46-26-14-5-15-27-46)58(44-22-10-3-11-23-44)45-24-12-4-13-25-45/h1-37H,38-39H2. The molecule has 3 heterocycles. The van der Waals surface area contributed by atoms with E-state index in [2.05, 4.69) is 215 Å². The van der Waals surface area contributed by atoms with Gasteiger partial charge in [0, 0.05) is 87.5 Å². The molecular formula is C54H41N5. The zero-order valence-corrected chi connectivity index (χ0v) is 32.5. The molecule has 2 aromatic heterocycles. The van der Waals surface area contributed by atoms with E-state index in [0.717, 1.165) is 84.8 Å². The molecule has 0 spiro atoms.